The summed E-state index contributed by atoms with van der Waals surface area (Å²) in [6.07, 6.45) is 0. The summed E-state index contributed by atoms with van der Waals surface area (Å²) in [6.45, 7) is 0.110. The quantitative estimate of drug-likeness (QED) is 0.628. The maximum Gasteiger partial charge on any atom is 0.228 e. The topological polar surface area (TPSA) is 70.7 Å². The highest BCUT2D eigenvalue weighted by Crippen LogP contribution is 2.28. The van der Waals surface area contributed by atoms with Crippen LogP contribution in [0.2, 0.25) is 5.02 Å². The Morgan fingerprint density at radius 3 is 2.64 bits per heavy atom. The number of amidine groups is 1. The molecule has 2 N–H and O–H groups in total. The fourth-order valence-corrected chi connectivity index (χ4v) is 2.55. The Hall–Kier alpha value is -2.53. The highest BCUT2D eigenvalue weighted by molar-refractivity contribution is 6.31. The van der Waals surface area contributed by atoms with Crippen LogP contribution >= 0.6 is 11.6 Å². The predicted molar refractivity (Wildman–Crippen MR) is 87.4 cm³/mol. The molecule has 0 saturated heterocycles. The molecule has 112 valence electrons. The monoisotopic (exact) mass is 315 g/mol. The Morgan fingerprint density at radius 2 is 1.95 bits per heavy atom. The SMILES string of the molecule is CNC1=Nc2ccc(Cl)cc2C(c2ccc(O)cc2)=[N+]([O-])C1. The molecule has 0 unspecified atom stereocenters. The molecule has 2 aromatic carbocycles. The van der Waals surface area contributed by atoms with E-state index in [4.69, 9.17) is 11.6 Å². The van der Waals surface area contributed by atoms with Crippen molar-refractivity contribution in [2.45, 2.75) is 0 Å². The van der Waals surface area contributed by atoms with Gasteiger partial charge in [-0.15, -0.1) is 0 Å². The Bertz CT molecular complexity index is 782. The minimum atomic E-state index is 0.110. The third-order valence-corrected chi connectivity index (χ3v) is 3.68. The first-order valence-corrected chi connectivity index (χ1v) is 7.12. The van der Waals surface area contributed by atoms with E-state index in [1.165, 1.54) is 0 Å². The van der Waals surface area contributed by atoms with Crippen molar-refractivity contribution in [2.24, 2.45) is 4.99 Å². The maximum absolute atomic E-state index is 12.6. The van der Waals surface area contributed by atoms with Crippen molar-refractivity contribution >= 4 is 28.8 Å². The molecule has 0 saturated carbocycles. The smallest absolute Gasteiger partial charge is 0.228 e. The lowest BCUT2D eigenvalue weighted by Gasteiger charge is -2.10. The van der Waals surface area contributed by atoms with Crippen molar-refractivity contribution in [1.29, 1.82) is 0 Å². The molecule has 0 aromatic heterocycles. The number of phenols is 1. The standard InChI is InChI=1S/C16H14ClN3O2/c1-18-15-9-20(22)16(10-2-5-12(21)6-3-10)13-8-11(17)4-7-14(13)19-15/h2-8,21H,9H2,1H3,(H,18,19). The second-order valence-corrected chi connectivity index (χ2v) is 5.34. The number of hydrogen-bond donors (Lipinski definition) is 2. The van der Waals surface area contributed by atoms with Crippen LogP contribution in [-0.2, 0) is 0 Å². The van der Waals surface area contributed by atoms with Gasteiger partial charge in [-0.05, 0) is 42.5 Å². The third-order valence-electron chi connectivity index (χ3n) is 3.44. The number of hydrogen-bond acceptors (Lipinski definition) is 4. The summed E-state index contributed by atoms with van der Waals surface area (Å²) in [5, 5.41) is 25.5. The lowest BCUT2D eigenvalue weighted by molar-refractivity contribution is -0.439. The lowest BCUT2D eigenvalue weighted by Crippen LogP contribution is -2.29. The van der Waals surface area contributed by atoms with Crippen LogP contribution in [0, 0.1) is 5.21 Å². The van der Waals surface area contributed by atoms with E-state index in [1.807, 2.05) is 0 Å². The summed E-state index contributed by atoms with van der Waals surface area (Å²) in [4.78, 5) is 4.48. The Kier molecular flexibility index (Phi) is 3.73. The van der Waals surface area contributed by atoms with E-state index in [0.29, 0.717) is 33.4 Å². The van der Waals surface area contributed by atoms with Crippen LogP contribution in [-0.4, -0.2) is 35.0 Å². The molecular formula is C16H14ClN3O2. The fourth-order valence-electron chi connectivity index (χ4n) is 2.38. The van der Waals surface area contributed by atoms with E-state index < -0.39 is 0 Å². The summed E-state index contributed by atoms with van der Waals surface area (Å²) >= 11 is 6.09. The van der Waals surface area contributed by atoms with Gasteiger partial charge in [0.15, 0.2) is 5.84 Å². The number of nitrogens with zero attached hydrogens (tertiary/aromatic N) is 2. The highest BCUT2D eigenvalue weighted by Gasteiger charge is 2.24. The number of hydroxylamine groups is 1. The van der Waals surface area contributed by atoms with E-state index in [0.717, 1.165) is 4.74 Å². The van der Waals surface area contributed by atoms with E-state index in [2.05, 4.69) is 10.3 Å². The molecule has 22 heavy (non-hydrogen) atoms. The van der Waals surface area contributed by atoms with Crippen molar-refractivity contribution in [3.05, 3.63) is 63.8 Å². The Labute approximate surface area is 132 Å². The van der Waals surface area contributed by atoms with Crippen LogP contribution in [0.3, 0.4) is 0 Å². The van der Waals surface area contributed by atoms with Gasteiger partial charge in [0, 0.05) is 17.6 Å². The van der Waals surface area contributed by atoms with Gasteiger partial charge < -0.3 is 15.6 Å². The number of fused-ring (bicyclic) bond motifs is 1. The van der Waals surface area contributed by atoms with Crippen molar-refractivity contribution in [2.75, 3.05) is 13.6 Å². The van der Waals surface area contributed by atoms with Crippen LogP contribution in [0.15, 0.2) is 47.5 Å². The van der Waals surface area contributed by atoms with E-state index in [9.17, 15) is 10.3 Å². The molecule has 0 spiro atoms. The van der Waals surface area contributed by atoms with Gasteiger partial charge >= 0.3 is 0 Å². The van der Waals surface area contributed by atoms with Gasteiger partial charge in [-0.25, -0.2) is 4.99 Å². The first kappa shape index (κ1) is 14.4. The number of phenolic OH excluding ortho intramolecular Hbond substituents is 1. The van der Waals surface area contributed by atoms with Gasteiger partial charge in [0.05, 0.1) is 11.3 Å². The molecule has 0 bridgehead atoms. The van der Waals surface area contributed by atoms with Crippen LogP contribution in [0.5, 0.6) is 5.75 Å². The van der Waals surface area contributed by atoms with E-state index in [1.54, 1.807) is 49.5 Å². The number of rotatable bonds is 1. The number of benzene rings is 2. The summed E-state index contributed by atoms with van der Waals surface area (Å²) in [6, 6.07) is 11.7. The average Bonchev–Trinajstić information content (AvgIpc) is 2.64. The van der Waals surface area contributed by atoms with Gasteiger partial charge in [-0.1, -0.05) is 11.6 Å². The Morgan fingerprint density at radius 1 is 1.23 bits per heavy atom. The summed E-state index contributed by atoms with van der Waals surface area (Å²) in [5.74, 6) is 0.723. The zero-order valence-electron chi connectivity index (χ0n) is 11.9. The number of halogens is 1. The van der Waals surface area contributed by atoms with Crippen LogP contribution in [0.4, 0.5) is 5.69 Å². The number of likely N-dealkylation sites (N-methyl/N-ethyl adjacent to an activating group) is 1. The summed E-state index contributed by atoms with van der Waals surface area (Å²) in [7, 11) is 1.73. The minimum absolute atomic E-state index is 0.110. The molecular weight excluding hydrogens is 302 g/mol. The highest BCUT2D eigenvalue weighted by atomic mass is 35.5. The van der Waals surface area contributed by atoms with E-state index >= 15 is 0 Å². The molecule has 0 radical (unpaired) electrons. The van der Waals surface area contributed by atoms with Crippen molar-refractivity contribution < 1.29 is 9.85 Å². The second kappa shape index (κ2) is 5.69. The van der Waals surface area contributed by atoms with Gasteiger partial charge in [0.2, 0.25) is 12.3 Å². The molecule has 6 heteroatoms. The number of nitrogens with one attached hydrogen (secondary N) is 1. The van der Waals surface area contributed by atoms with Gasteiger partial charge in [0.1, 0.15) is 5.75 Å². The van der Waals surface area contributed by atoms with Gasteiger partial charge in [0.25, 0.3) is 0 Å². The molecule has 2 aromatic rings. The largest absolute Gasteiger partial charge is 0.623 e. The number of aromatic hydroxyl groups is 1. The van der Waals surface area contributed by atoms with Crippen LogP contribution in [0.25, 0.3) is 0 Å². The molecule has 0 amide bonds. The molecule has 0 fully saturated rings. The molecule has 1 aliphatic heterocycles. The van der Waals surface area contributed by atoms with Crippen LogP contribution < -0.4 is 5.32 Å². The molecule has 1 heterocycles. The second-order valence-electron chi connectivity index (χ2n) is 4.90. The molecule has 1 aliphatic rings. The first-order chi connectivity index (χ1) is 10.6. The maximum atomic E-state index is 12.6. The zero-order chi connectivity index (χ0) is 15.7. The summed E-state index contributed by atoms with van der Waals surface area (Å²) < 4.78 is 0.879. The molecule has 3 rings (SSSR count). The van der Waals surface area contributed by atoms with Crippen molar-refractivity contribution in [1.82, 2.24) is 5.32 Å². The first-order valence-electron chi connectivity index (χ1n) is 6.75. The predicted octanol–water partition coefficient (Wildman–Crippen LogP) is 2.66. The molecule has 0 aliphatic carbocycles. The third kappa shape index (κ3) is 2.63. The average molecular weight is 316 g/mol. The Balaban J connectivity index is 2.25. The summed E-state index contributed by atoms with van der Waals surface area (Å²) in [5.41, 5.74) is 2.52. The fraction of sp³-hybridized carbons (Fsp3) is 0.125. The lowest BCUT2D eigenvalue weighted by atomic mass is 10.0. The molecule has 0 atom stereocenters. The van der Waals surface area contributed by atoms with Crippen molar-refractivity contribution in [3.63, 3.8) is 0 Å². The zero-order valence-corrected chi connectivity index (χ0v) is 12.6. The molecule has 5 nitrogen and oxygen atoms in total. The van der Waals surface area contributed by atoms with Crippen molar-refractivity contribution in [3.8, 4) is 5.75 Å². The number of aliphatic imine (C=N–C) groups is 1. The minimum Gasteiger partial charge on any atom is -0.623 e. The van der Waals surface area contributed by atoms with Gasteiger partial charge in [-0.3, -0.25) is 0 Å². The normalized spacial score (nSPS) is 14.2. The van der Waals surface area contributed by atoms with E-state index in [-0.39, 0.29) is 12.3 Å². The van der Waals surface area contributed by atoms with Gasteiger partial charge in [-0.2, -0.15) is 4.74 Å². The van der Waals surface area contributed by atoms with Crippen LogP contribution in [0.1, 0.15) is 11.1 Å².